The number of nitrogens with one attached hydrogen (secondary N) is 1. The van der Waals surface area contributed by atoms with Gasteiger partial charge < -0.3 is 33.7 Å². The second kappa shape index (κ2) is 7.94. The highest BCUT2D eigenvalue weighted by molar-refractivity contribution is 5.94. The Morgan fingerprint density at radius 2 is 1.62 bits per heavy atom. The molecule has 5 atom stereocenters. The highest BCUT2D eigenvalue weighted by Crippen LogP contribution is 2.44. The minimum absolute atomic E-state index is 0.126. The molecule has 5 unspecified atom stereocenters. The molecule has 8 nitrogen and oxygen atoms in total. The van der Waals surface area contributed by atoms with Crippen molar-refractivity contribution in [3.05, 3.63) is 35.9 Å². The van der Waals surface area contributed by atoms with Gasteiger partial charge in [0.05, 0.1) is 13.2 Å². The van der Waals surface area contributed by atoms with Gasteiger partial charge in [-0.1, -0.05) is 18.2 Å². The Balaban J connectivity index is 1.29. The Morgan fingerprint density at radius 1 is 0.966 bits per heavy atom. The summed E-state index contributed by atoms with van der Waals surface area (Å²) in [5, 5.41) is 2.84. The lowest BCUT2D eigenvalue weighted by Gasteiger charge is -2.37. The Kier molecular flexibility index (Phi) is 5.67. The number of benzene rings is 1. The number of carbonyl (C=O) groups is 1. The van der Waals surface area contributed by atoms with E-state index in [1.165, 1.54) is 0 Å². The molecule has 1 amide bonds. The topological polar surface area (TPSA) is 84.5 Å². The van der Waals surface area contributed by atoms with Gasteiger partial charge in [-0.2, -0.15) is 0 Å². The molecule has 8 heteroatoms. The molecule has 0 aliphatic carbocycles. The summed E-state index contributed by atoms with van der Waals surface area (Å²) in [6, 6.07) is 9.08. The van der Waals surface area contributed by atoms with E-state index in [1.54, 1.807) is 12.1 Å². The van der Waals surface area contributed by atoms with Gasteiger partial charge in [-0.3, -0.25) is 4.79 Å². The fourth-order valence-electron chi connectivity index (χ4n) is 3.96. The van der Waals surface area contributed by atoms with Crippen molar-refractivity contribution in [3.8, 4) is 0 Å². The van der Waals surface area contributed by atoms with Crippen molar-refractivity contribution in [2.45, 2.75) is 70.0 Å². The molecule has 3 aliphatic heterocycles. The summed E-state index contributed by atoms with van der Waals surface area (Å²) in [6.45, 7) is 8.51. The van der Waals surface area contributed by atoms with Crippen LogP contribution in [0.5, 0.6) is 0 Å². The van der Waals surface area contributed by atoms with E-state index in [0.717, 1.165) is 0 Å². The van der Waals surface area contributed by atoms with Crippen LogP contribution in [0.2, 0.25) is 0 Å². The third-order valence-electron chi connectivity index (χ3n) is 5.10. The van der Waals surface area contributed by atoms with Crippen molar-refractivity contribution < 1.29 is 33.2 Å². The largest absolute Gasteiger partial charge is 0.377 e. The Hall–Kier alpha value is -1.55. The van der Waals surface area contributed by atoms with Crippen LogP contribution >= 0.6 is 0 Å². The van der Waals surface area contributed by atoms with Crippen LogP contribution in [-0.2, 0) is 28.4 Å². The van der Waals surface area contributed by atoms with Crippen LogP contribution in [0.25, 0.3) is 0 Å². The van der Waals surface area contributed by atoms with Gasteiger partial charge in [-0.25, -0.2) is 0 Å². The number of amides is 1. The summed E-state index contributed by atoms with van der Waals surface area (Å²) in [4.78, 5) is 12.1. The second-order valence-corrected chi connectivity index (χ2v) is 8.40. The molecular weight excluding hydrogens is 378 g/mol. The minimum atomic E-state index is -0.743. The number of carbonyl (C=O) groups excluding carboxylic acids is 1. The third kappa shape index (κ3) is 4.63. The van der Waals surface area contributed by atoms with Gasteiger partial charge in [-0.05, 0) is 39.8 Å². The van der Waals surface area contributed by atoms with E-state index in [2.05, 4.69) is 5.32 Å². The molecule has 3 saturated heterocycles. The zero-order chi connectivity index (χ0) is 20.6. The van der Waals surface area contributed by atoms with Crippen molar-refractivity contribution in [1.82, 2.24) is 5.32 Å². The summed E-state index contributed by atoms with van der Waals surface area (Å²) in [6.07, 6.45) is -1.85. The quantitative estimate of drug-likeness (QED) is 0.720. The Bertz CT molecular complexity index is 723. The normalized spacial score (nSPS) is 34.4. The molecule has 0 aromatic heterocycles. The molecule has 4 rings (SSSR count). The fourth-order valence-corrected chi connectivity index (χ4v) is 3.96. The first kappa shape index (κ1) is 20.7. The zero-order valence-corrected chi connectivity index (χ0v) is 17.3. The van der Waals surface area contributed by atoms with Gasteiger partial charge in [0.2, 0.25) is 0 Å². The third-order valence-corrected chi connectivity index (χ3v) is 5.10. The molecule has 3 aliphatic rings. The molecule has 1 aromatic rings. The van der Waals surface area contributed by atoms with Crippen LogP contribution < -0.4 is 5.32 Å². The number of hydrogen-bond donors (Lipinski definition) is 1. The van der Waals surface area contributed by atoms with E-state index in [0.29, 0.717) is 25.3 Å². The average molecular weight is 407 g/mol. The van der Waals surface area contributed by atoms with E-state index in [-0.39, 0.29) is 30.3 Å². The highest BCUT2D eigenvalue weighted by atomic mass is 16.9. The predicted molar refractivity (Wildman–Crippen MR) is 102 cm³/mol. The number of rotatable bonds is 6. The molecule has 3 fully saturated rings. The second-order valence-electron chi connectivity index (χ2n) is 8.40. The van der Waals surface area contributed by atoms with Gasteiger partial charge in [0.25, 0.3) is 5.91 Å². The lowest BCUT2D eigenvalue weighted by molar-refractivity contribution is -0.242. The first-order chi connectivity index (χ1) is 13.7. The van der Waals surface area contributed by atoms with Crippen LogP contribution in [0, 0.1) is 0 Å². The van der Waals surface area contributed by atoms with Gasteiger partial charge in [0.1, 0.15) is 24.4 Å². The summed E-state index contributed by atoms with van der Waals surface area (Å²) >= 11 is 0. The Labute approximate surface area is 170 Å². The first-order valence-electron chi connectivity index (χ1n) is 10.0. The maximum atomic E-state index is 12.1. The lowest BCUT2D eigenvalue weighted by Crippen LogP contribution is -2.56. The molecule has 29 heavy (non-hydrogen) atoms. The monoisotopic (exact) mass is 407 g/mol. The maximum Gasteiger partial charge on any atom is 0.251 e. The predicted octanol–water partition coefficient (Wildman–Crippen LogP) is 1.83. The number of hydrogen-bond acceptors (Lipinski definition) is 7. The molecule has 0 spiro atoms. The summed E-state index contributed by atoms with van der Waals surface area (Å²) in [7, 11) is 0. The van der Waals surface area contributed by atoms with E-state index >= 15 is 0 Å². The van der Waals surface area contributed by atoms with Crippen LogP contribution in [-0.4, -0.2) is 67.9 Å². The van der Waals surface area contributed by atoms with E-state index in [9.17, 15) is 4.79 Å². The standard InChI is InChI=1S/C21H29NO7/c1-20(2)26-15-14(25-19-17(16(15)27-20)28-21(3,4)29-19)12-24-11-10-22-18(23)13-8-6-5-7-9-13/h5-9,14-17,19H,10-12H2,1-4H3,(H,22,23). The zero-order valence-electron chi connectivity index (χ0n) is 17.3. The highest BCUT2D eigenvalue weighted by Gasteiger charge is 2.60. The maximum absolute atomic E-state index is 12.1. The Morgan fingerprint density at radius 3 is 2.38 bits per heavy atom. The van der Waals surface area contributed by atoms with Crippen LogP contribution in [0.1, 0.15) is 38.1 Å². The lowest BCUT2D eigenvalue weighted by atomic mass is 9.99. The molecule has 0 saturated carbocycles. The van der Waals surface area contributed by atoms with Crippen LogP contribution in [0.3, 0.4) is 0 Å². The molecule has 0 bridgehead atoms. The van der Waals surface area contributed by atoms with Crippen molar-refractivity contribution in [2.24, 2.45) is 0 Å². The summed E-state index contributed by atoms with van der Waals surface area (Å²) < 4.78 is 35.8. The summed E-state index contributed by atoms with van der Waals surface area (Å²) in [5.41, 5.74) is 0.622. The van der Waals surface area contributed by atoms with Crippen molar-refractivity contribution >= 4 is 5.91 Å². The smallest absolute Gasteiger partial charge is 0.251 e. The van der Waals surface area contributed by atoms with Crippen molar-refractivity contribution in [3.63, 3.8) is 0 Å². The number of fused-ring (bicyclic) bond motifs is 3. The van der Waals surface area contributed by atoms with E-state index in [1.807, 2.05) is 45.9 Å². The van der Waals surface area contributed by atoms with Gasteiger partial charge in [0.15, 0.2) is 17.9 Å². The van der Waals surface area contributed by atoms with Crippen molar-refractivity contribution in [2.75, 3.05) is 19.8 Å². The molecule has 160 valence electrons. The van der Waals surface area contributed by atoms with Gasteiger partial charge in [-0.15, -0.1) is 0 Å². The molecule has 1 N–H and O–H groups in total. The molecule has 3 heterocycles. The average Bonchev–Trinajstić information content (AvgIpc) is 3.16. The SMILES string of the molecule is CC1(C)OC2OC(COCCNC(=O)c3ccccc3)C3OC(C)(C)OC3C2O1. The molecular formula is C21H29NO7. The number of ether oxygens (including phenoxy) is 6. The van der Waals surface area contributed by atoms with Crippen LogP contribution in [0.15, 0.2) is 30.3 Å². The summed E-state index contributed by atoms with van der Waals surface area (Å²) in [5.74, 6) is -1.60. The van der Waals surface area contributed by atoms with Crippen LogP contribution in [0.4, 0.5) is 0 Å². The minimum Gasteiger partial charge on any atom is -0.377 e. The van der Waals surface area contributed by atoms with Gasteiger partial charge in [0, 0.05) is 12.1 Å². The van der Waals surface area contributed by atoms with Gasteiger partial charge >= 0.3 is 0 Å². The molecule has 0 radical (unpaired) electrons. The fraction of sp³-hybridized carbons (Fsp3) is 0.667. The van der Waals surface area contributed by atoms with Crippen molar-refractivity contribution in [1.29, 1.82) is 0 Å². The van der Waals surface area contributed by atoms with E-state index < -0.39 is 17.9 Å². The van der Waals surface area contributed by atoms with E-state index in [4.69, 9.17) is 28.4 Å². The molecule has 1 aromatic carbocycles. The first-order valence-corrected chi connectivity index (χ1v) is 10.0.